The van der Waals surface area contributed by atoms with Gasteiger partial charge in [0.15, 0.2) is 0 Å². The molecule has 0 aromatic rings. The number of amides is 1. The first kappa shape index (κ1) is 16.4. The second-order valence-corrected chi connectivity index (χ2v) is 5.41. The molecule has 1 amide bonds. The normalized spacial score (nSPS) is 19.4. The standard InChI is InChI=1S/C14H29N3O2/c1-4-8-17-9-5-12(6-10-17)16(2)14(18)13(15)7-11-19-3/h12-13H,4-11,15H2,1-3H3. The maximum Gasteiger partial charge on any atom is 0.239 e. The maximum atomic E-state index is 12.2. The molecule has 1 fully saturated rings. The number of nitrogens with zero attached hydrogens (tertiary/aromatic N) is 2. The van der Waals surface area contributed by atoms with Crippen LogP contribution < -0.4 is 5.73 Å². The molecule has 0 spiro atoms. The van der Waals surface area contributed by atoms with E-state index in [1.807, 2.05) is 11.9 Å². The predicted octanol–water partition coefficient (Wildman–Crippen LogP) is 0.683. The number of ether oxygens (including phenoxy) is 1. The summed E-state index contributed by atoms with van der Waals surface area (Å²) in [6.07, 6.45) is 3.90. The van der Waals surface area contributed by atoms with E-state index in [0.29, 0.717) is 19.1 Å². The van der Waals surface area contributed by atoms with Crippen LogP contribution in [0.5, 0.6) is 0 Å². The molecule has 112 valence electrons. The first-order valence-corrected chi connectivity index (χ1v) is 7.33. The number of hydrogen-bond donors (Lipinski definition) is 1. The van der Waals surface area contributed by atoms with Crippen molar-refractivity contribution in [3.05, 3.63) is 0 Å². The molecule has 0 aliphatic carbocycles. The zero-order valence-corrected chi connectivity index (χ0v) is 12.6. The molecule has 1 aliphatic rings. The summed E-state index contributed by atoms with van der Waals surface area (Å²) in [6, 6.07) is -0.0900. The second kappa shape index (κ2) is 8.51. The summed E-state index contributed by atoms with van der Waals surface area (Å²) < 4.78 is 4.97. The molecule has 1 aliphatic heterocycles. The zero-order valence-electron chi connectivity index (χ0n) is 12.6. The molecule has 0 aromatic carbocycles. The Labute approximate surface area is 117 Å². The summed E-state index contributed by atoms with van der Waals surface area (Å²) in [5, 5.41) is 0. The van der Waals surface area contributed by atoms with Crippen LogP contribution in [0.2, 0.25) is 0 Å². The number of carbonyl (C=O) groups excluding carboxylic acids is 1. The van der Waals surface area contributed by atoms with Gasteiger partial charge < -0.3 is 20.3 Å². The number of hydrogen-bond acceptors (Lipinski definition) is 4. The predicted molar refractivity (Wildman–Crippen MR) is 77.0 cm³/mol. The van der Waals surface area contributed by atoms with Crippen LogP contribution >= 0.6 is 0 Å². The highest BCUT2D eigenvalue weighted by molar-refractivity contribution is 5.81. The quantitative estimate of drug-likeness (QED) is 0.740. The molecular weight excluding hydrogens is 242 g/mol. The molecule has 1 rings (SSSR count). The van der Waals surface area contributed by atoms with Gasteiger partial charge in [-0.15, -0.1) is 0 Å². The summed E-state index contributed by atoms with van der Waals surface area (Å²) in [5.74, 6) is 0.0472. The van der Waals surface area contributed by atoms with E-state index in [9.17, 15) is 4.79 Å². The van der Waals surface area contributed by atoms with E-state index in [0.717, 1.165) is 32.5 Å². The van der Waals surface area contributed by atoms with Crippen molar-refractivity contribution < 1.29 is 9.53 Å². The lowest BCUT2D eigenvalue weighted by molar-refractivity contribution is -0.134. The first-order chi connectivity index (χ1) is 9.10. The first-order valence-electron chi connectivity index (χ1n) is 7.33. The van der Waals surface area contributed by atoms with Gasteiger partial charge in [0, 0.05) is 39.9 Å². The molecular formula is C14H29N3O2. The Morgan fingerprint density at radius 3 is 2.63 bits per heavy atom. The van der Waals surface area contributed by atoms with Crippen LogP contribution in [0.3, 0.4) is 0 Å². The summed E-state index contributed by atoms with van der Waals surface area (Å²) in [4.78, 5) is 16.5. The molecule has 1 atom stereocenters. The van der Waals surface area contributed by atoms with E-state index in [1.54, 1.807) is 7.11 Å². The summed E-state index contributed by atoms with van der Waals surface area (Å²) in [6.45, 7) is 6.08. The SMILES string of the molecule is CCCN1CCC(N(C)C(=O)C(N)CCOC)CC1. The summed E-state index contributed by atoms with van der Waals surface area (Å²) in [7, 11) is 3.51. The van der Waals surface area contributed by atoms with Crippen molar-refractivity contribution >= 4 is 5.91 Å². The van der Waals surface area contributed by atoms with Gasteiger partial charge >= 0.3 is 0 Å². The fourth-order valence-corrected chi connectivity index (χ4v) is 2.66. The van der Waals surface area contributed by atoms with Gasteiger partial charge in [-0.1, -0.05) is 6.92 Å². The van der Waals surface area contributed by atoms with Crippen molar-refractivity contribution in [2.24, 2.45) is 5.73 Å². The van der Waals surface area contributed by atoms with E-state index in [-0.39, 0.29) is 5.91 Å². The molecule has 5 nitrogen and oxygen atoms in total. The van der Waals surface area contributed by atoms with Gasteiger partial charge in [-0.25, -0.2) is 0 Å². The van der Waals surface area contributed by atoms with Crippen molar-refractivity contribution in [2.75, 3.05) is 40.4 Å². The molecule has 0 saturated carbocycles. The molecule has 5 heteroatoms. The lowest BCUT2D eigenvalue weighted by Crippen LogP contribution is -2.50. The Hall–Kier alpha value is -0.650. The van der Waals surface area contributed by atoms with E-state index in [2.05, 4.69) is 11.8 Å². The number of piperidine rings is 1. The summed E-state index contributed by atoms with van der Waals surface area (Å²) in [5.41, 5.74) is 5.90. The Balaban J connectivity index is 2.37. The van der Waals surface area contributed by atoms with E-state index >= 15 is 0 Å². The Kier molecular flexibility index (Phi) is 7.34. The second-order valence-electron chi connectivity index (χ2n) is 5.41. The van der Waals surface area contributed by atoms with Gasteiger partial charge in [0.1, 0.15) is 0 Å². The lowest BCUT2D eigenvalue weighted by atomic mass is 10.0. The average molecular weight is 271 g/mol. The largest absolute Gasteiger partial charge is 0.385 e. The minimum atomic E-state index is -0.432. The third kappa shape index (κ3) is 5.09. The van der Waals surface area contributed by atoms with Crippen molar-refractivity contribution in [1.82, 2.24) is 9.80 Å². The number of likely N-dealkylation sites (tertiary alicyclic amines) is 1. The Bertz CT molecular complexity index is 265. The monoisotopic (exact) mass is 271 g/mol. The van der Waals surface area contributed by atoms with Gasteiger partial charge in [-0.2, -0.15) is 0 Å². The molecule has 1 saturated heterocycles. The number of nitrogens with two attached hydrogens (primary N) is 1. The van der Waals surface area contributed by atoms with Crippen molar-refractivity contribution in [1.29, 1.82) is 0 Å². The minimum Gasteiger partial charge on any atom is -0.385 e. The highest BCUT2D eigenvalue weighted by Crippen LogP contribution is 2.16. The van der Waals surface area contributed by atoms with Crippen LogP contribution in [-0.4, -0.2) is 68.2 Å². The topological polar surface area (TPSA) is 58.8 Å². The van der Waals surface area contributed by atoms with Crippen molar-refractivity contribution in [3.63, 3.8) is 0 Å². The van der Waals surface area contributed by atoms with Gasteiger partial charge in [0.05, 0.1) is 6.04 Å². The smallest absolute Gasteiger partial charge is 0.239 e. The fraction of sp³-hybridized carbons (Fsp3) is 0.929. The van der Waals surface area contributed by atoms with E-state index in [1.165, 1.54) is 6.42 Å². The maximum absolute atomic E-state index is 12.2. The fourth-order valence-electron chi connectivity index (χ4n) is 2.66. The Morgan fingerprint density at radius 2 is 2.11 bits per heavy atom. The van der Waals surface area contributed by atoms with Gasteiger partial charge in [-0.3, -0.25) is 4.79 Å². The molecule has 19 heavy (non-hydrogen) atoms. The number of methoxy groups -OCH3 is 1. The average Bonchev–Trinajstić information content (AvgIpc) is 2.44. The Morgan fingerprint density at radius 1 is 1.47 bits per heavy atom. The molecule has 1 heterocycles. The molecule has 0 bridgehead atoms. The van der Waals surface area contributed by atoms with Gasteiger partial charge in [-0.05, 0) is 32.2 Å². The summed E-state index contributed by atoms with van der Waals surface area (Å²) >= 11 is 0. The number of carbonyl (C=O) groups is 1. The third-order valence-electron chi connectivity index (χ3n) is 3.94. The molecule has 1 unspecified atom stereocenters. The zero-order chi connectivity index (χ0) is 14.3. The molecule has 0 aromatic heterocycles. The van der Waals surface area contributed by atoms with Gasteiger partial charge in [0.2, 0.25) is 5.91 Å². The molecule has 0 radical (unpaired) electrons. The van der Waals surface area contributed by atoms with Crippen LogP contribution in [0.1, 0.15) is 32.6 Å². The highest BCUT2D eigenvalue weighted by Gasteiger charge is 2.27. The van der Waals surface area contributed by atoms with Crippen LogP contribution in [-0.2, 0) is 9.53 Å². The van der Waals surface area contributed by atoms with Gasteiger partial charge in [0.25, 0.3) is 0 Å². The van der Waals surface area contributed by atoms with Crippen LogP contribution in [0.15, 0.2) is 0 Å². The lowest BCUT2D eigenvalue weighted by Gasteiger charge is -2.37. The van der Waals surface area contributed by atoms with E-state index in [4.69, 9.17) is 10.5 Å². The van der Waals surface area contributed by atoms with Crippen molar-refractivity contribution in [2.45, 2.75) is 44.7 Å². The van der Waals surface area contributed by atoms with E-state index < -0.39 is 6.04 Å². The highest BCUT2D eigenvalue weighted by atomic mass is 16.5. The third-order valence-corrected chi connectivity index (χ3v) is 3.94. The van der Waals surface area contributed by atoms with Crippen LogP contribution in [0.25, 0.3) is 0 Å². The van der Waals surface area contributed by atoms with Crippen molar-refractivity contribution in [3.8, 4) is 0 Å². The van der Waals surface area contributed by atoms with Crippen LogP contribution in [0.4, 0.5) is 0 Å². The number of rotatable bonds is 7. The molecule has 2 N–H and O–H groups in total. The van der Waals surface area contributed by atoms with Crippen LogP contribution in [0, 0.1) is 0 Å². The minimum absolute atomic E-state index is 0.0472. The number of likely N-dealkylation sites (N-methyl/N-ethyl adjacent to an activating group) is 1.